The number of hydrogen-bond donors (Lipinski definition) is 1. The molecule has 1 heterocycles. The van der Waals surface area contributed by atoms with Crippen molar-refractivity contribution in [3.8, 4) is 0 Å². The Bertz CT molecular complexity index is 323. The molecule has 0 fully saturated rings. The Hall–Kier alpha value is -1.09. The van der Waals surface area contributed by atoms with Crippen LogP contribution in [0.15, 0.2) is 18.3 Å². The minimum absolute atomic E-state index is 0.441. The molecule has 17 heavy (non-hydrogen) atoms. The quantitative estimate of drug-likeness (QED) is 0.825. The molecule has 2 atom stereocenters. The number of aromatic nitrogens is 1. The van der Waals surface area contributed by atoms with E-state index in [4.69, 9.17) is 0 Å². The second-order valence-corrected chi connectivity index (χ2v) is 4.76. The minimum Gasteiger partial charge on any atom is -0.387 e. The maximum Gasteiger partial charge on any atom is 0.0957 e. The minimum atomic E-state index is -0.441. The second kappa shape index (κ2) is 6.60. The van der Waals surface area contributed by atoms with Gasteiger partial charge < -0.3 is 10.0 Å². The average Bonchev–Trinajstić information content (AvgIpc) is 2.37. The van der Waals surface area contributed by atoms with Crippen molar-refractivity contribution < 1.29 is 5.11 Å². The highest BCUT2D eigenvalue weighted by atomic mass is 16.3. The molecular formula is C14H24N2O. The van der Waals surface area contributed by atoms with Crippen LogP contribution in [0.3, 0.4) is 0 Å². The Labute approximate surface area is 104 Å². The first-order chi connectivity index (χ1) is 8.08. The summed E-state index contributed by atoms with van der Waals surface area (Å²) in [7, 11) is 2.08. The topological polar surface area (TPSA) is 36.4 Å². The van der Waals surface area contributed by atoms with Gasteiger partial charge in [0.25, 0.3) is 0 Å². The van der Waals surface area contributed by atoms with Crippen LogP contribution in [0.4, 0.5) is 5.69 Å². The third-order valence-corrected chi connectivity index (χ3v) is 3.22. The molecule has 1 N–H and O–H groups in total. The van der Waals surface area contributed by atoms with Gasteiger partial charge in [0.1, 0.15) is 0 Å². The van der Waals surface area contributed by atoms with Crippen molar-refractivity contribution >= 4 is 5.69 Å². The highest BCUT2D eigenvalue weighted by molar-refractivity contribution is 5.43. The van der Waals surface area contributed by atoms with Gasteiger partial charge >= 0.3 is 0 Å². The molecule has 0 aliphatic heterocycles. The lowest BCUT2D eigenvalue weighted by atomic mass is 10.1. The Morgan fingerprint density at radius 2 is 2.00 bits per heavy atom. The van der Waals surface area contributed by atoms with E-state index >= 15 is 0 Å². The SMILES string of the molecule is CCC(C)CN(C)c1ccc(C(O)CC)nc1. The molecule has 0 aliphatic rings. The van der Waals surface area contributed by atoms with Crippen molar-refractivity contribution in [2.45, 2.75) is 39.7 Å². The van der Waals surface area contributed by atoms with Crippen LogP contribution in [0.1, 0.15) is 45.4 Å². The molecule has 3 heteroatoms. The fourth-order valence-electron chi connectivity index (χ4n) is 1.73. The Balaban J connectivity index is 2.66. The van der Waals surface area contributed by atoms with Gasteiger partial charge in [0.15, 0.2) is 0 Å². The first-order valence-electron chi connectivity index (χ1n) is 6.43. The van der Waals surface area contributed by atoms with Gasteiger partial charge in [-0.2, -0.15) is 0 Å². The van der Waals surface area contributed by atoms with E-state index in [1.54, 1.807) is 0 Å². The molecule has 3 nitrogen and oxygen atoms in total. The molecule has 0 amide bonds. The molecule has 1 aromatic rings. The summed E-state index contributed by atoms with van der Waals surface area (Å²) < 4.78 is 0. The number of nitrogens with zero attached hydrogens (tertiary/aromatic N) is 2. The first-order valence-corrected chi connectivity index (χ1v) is 6.43. The predicted molar refractivity (Wildman–Crippen MR) is 72.2 cm³/mol. The number of aliphatic hydroxyl groups excluding tert-OH is 1. The van der Waals surface area contributed by atoms with Gasteiger partial charge in [0, 0.05) is 13.6 Å². The molecule has 1 aromatic heterocycles. The van der Waals surface area contributed by atoms with E-state index in [-0.39, 0.29) is 0 Å². The molecule has 0 spiro atoms. The van der Waals surface area contributed by atoms with Crippen LogP contribution >= 0.6 is 0 Å². The van der Waals surface area contributed by atoms with Gasteiger partial charge in [-0.15, -0.1) is 0 Å². The zero-order chi connectivity index (χ0) is 12.8. The number of aliphatic hydroxyl groups is 1. The van der Waals surface area contributed by atoms with E-state index < -0.39 is 6.10 Å². The van der Waals surface area contributed by atoms with E-state index in [2.05, 4.69) is 30.8 Å². The molecule has 0 aromatic carbocycles. The zero-order valence-electron chi connectivity index (χ0n) is 11.3. The normalized spacial score (nSPS) is 14.4. The van der Waals surface area contributed by atoms with Gasteiger partial charge in [0.05, 0.1) is 23.7 Å². The molecule has 0 saturated heterocycles. The summed E-state index contributed by atoms with van der Waals surface area (Å²) in [5.74, 6) is 0.681. The van der Waals surface area contributed by atoms with Crippen LogP contribution in [0.25, 0.3) is 0 Å². The highest BCUT2D eigenvalue weighted by Gasteiger charge is 2.09. The van der Waals surface area contributed by atoms with Gasteiger partial charge in [-0.1, -0.05) is 27.2 Å². The largest absolute Gasteiger partial charge is 0.387 e. The fourth-order valence-corrected chi connectivity index (χ4v) is 1.73. The molecule has 2 unspecified atom stereocenters. The lowest BCUT2D eigenvalue weighted by Gasteiger charge is -2.22. The Morgan fingerprint density at radius 3 is 2.47 bits per heavy atom. The molecule has 0 aliphatic carbocycles. The van der Waals surface area contributed by atoms with Gasteiger partial charge in [-0.25, -0.2) is 0 Å². The number of anilines is 1. The lowest BCUT2D eigenvalue weighted by Crippen LogP contribution is -2.23. The second-order valence-electron chi connectivity index (χ2n) is 4.76. The summed E-state index contributed by atoms with van der Waals surface area (Å²) in [6, 6.07) is 3.94. The molecular weight excluding hydrogens is 212 g/mol. The standard InChI is InChI=1S/C14H24N2O/c1-5-11(3)10-16(4)12-7-8-13(15-9-12)14(17)6-2/h7-9,11,14,17H,5-6,10H2,1-4H3. The number of hydrogen-bond acceptors (Lipinski definition) is 3. The summed E-state index contributed by atoms with van der Waals surface area (Å²) in [5.41, 5.74) is 1.87. The number of rotatable bonds is 6. The van der Waals surface area contributed by atoms with E-state index in [1.165, 1.54) is 6.42 Å². The average molecular weight is 236 g/mol. The number of pyridine rings is 1. The van der Waals surface area contributed by atoms with Gasteiger partial charge in [0.2, 0.25) is 0 Å². The van der Waals surface area contributed by atoms with E-state index in [1.807, 2.05) is 25.3 Å². The molecule has 0 bridgehead atoms. The molecule has 96 valence electrons. The fraction of sp³-hybridized carbons (Fsp3) is 0.643. The van der Waals surface area contributed by atoms with Crippen LogP contribution in [0.5, 0.6) is 0 Å². The summed E-state index contributed by atoms with van der Waals surface area (Å²) in [4.78, 5) is 6.52. The van der Waals surface area contributed by atoms with E-state index in [0.717, 1.165) is 17.9 Å². The van der Waals surface area contributed by atoms with Crippen LogP contribution in [0, 0.1) is 5.92 Å². The zero-order valence-corrected chi connectivity index (χ0v) is 11.3. The highest BCUT2D eigenvalue weighted by Crippen LogP contribution is 2.18. The van der Waals surface area contributed by atoms with Crippen molar-refractivity contribution in [3.63, 3.8) is 0 Å². The van der Waals surface area contributed by atoms with Crippen LogP contribution < -0.4 is 4.90 Å². The predicted octanol–water partition coefficient (Wildman–Crippen LogP) is 3.01. The summed E-state index contributed by atoms with van der Waals surface area (Å²) in [6.45, 7) is 7.44. The lowest BCUT2D eigenvalue weighted by molar-refractivity contribution is 0.169. The molecule has 0 saturated carbocycles. The molecule has 0 radical (unpaired) electrons. The van der Waals surface area contributed by atoms with Crippen LogP contribution in [0.2, 0.25) is 0 Å². The summed E-state index contributed by atoms with van der Waals surface area (Å²) >= 11 is 0. The smallest absolute Gasteiger partial charge is 0.0957 e. The van der Waals surface area contributed by atoms with Crippen molar-refractivity contribution in [2.75, 3.05) is 18.5 Å². The van der Waals surface area contributed by atoms with E-state index in [0.29, 0.717) is 12.3 Å². The Morgan fingerprint density at radius 1 is 1.29 bits per heavy atom. The van der Waals surface area contributed by atoms with Crippen molar-refractivity contribution in [3.05, 3.63) is 24.0 Å². The van der Waals surface area contributed by atoms with Crippen LogP contribution in [-0.4, -0.2) is 23.7 Å². The maximum atomic E-state index is 9.67. The maximum absolute atomic E-state index is 9.67. The Kier molecular flexibility index (Phi) is 5.42. The van der Waals surface area contributed by atoms with Gasteiger partial charge in [-0.05, 0) is 24.5 Å². The van der Waals surface area contributed by atoms with E-state index in [9.17, 15) is 5.11 Å². The first kappa shape index (κ1) is 14.0. The van der Waals surface area contributed by atoms with Crippen LogP contribution in [-0.2, 0) is 0 Å². The van der Waals surface area contributed by atoms with Crippen molar-refractivity contribution in [1.82, 2.24) is 4.98 Å². The monoisotopic (exact) mass is 236 g/mol. The summed E-state index contributed by atoms with van der Waals surface area (Å²) in [6.07, 6.45) is 3.29. The molecule has 1 rings (SSSR count). The summed E-state index contributed by atoms with van der Waals surface area (Å²) in [5, 5.41) is 9.67. The third-order valence-electron chi connectivity index (χ3n) is 3.22. The van der Waals surface area contributed by atoms with Gasteiger partial charge in [-0.3, -0.25) is 4.98 Å². The third kappa shape index (κ3) is 4.00. The van der Waals surface area contributed by atoms with Crippen molar-refractivity contribution in [1.29, 1.82) is 0 Å². The van der Waals surface area contributed by atoms with Crippen molar-refractivity contribution in [2.24, 2.45) is 5.92 Å².